The summed E-state index contributed by atoms with van der Waals surface area (Å²) in [6, 6.07) is 9.67. The van der Waals surface area contributed by atoms with Gasteiger partial charge in [-0.05, 0) is 40.2 Å². The fourth-order valence-electron chi connectivity index (χ4n) is 1.46. The van der Waals surface area contributed by atoms with E-state index in [0.717, 1.165) is 11.4 Å². The van der Waals surface area contributed by atoms with Gasteiger partial charge in [0.2, 0.25) is 0 Å². The molecule has 1 N–H and O–H groups in total. The number of nitrogens with one attached hydrogen (secondary N) is 1. The Morgan fingerprint density at radius 2 is 1.83 bits per heavy atom. The van der Waals surface area contributed by atoms with Gasteiger partial charge in [0.25, 0.3) is 5.92 Å². The Bertz CT molecular complexity index is 535. The van der Waals surface area contributed by atoms with Crippen LogP contribution in [0.4, 0.5) is 20.3 Å². The molecule has 0 aliphatic heterocycles. The van der Waals surface area contributed by atoms with Crippen LogP contribution in [0.1, 0.15) is 12.5 Å². The number of aromatic nitrogens is 1. The number of alkyl halides is 2. The van der Waals surface area contributed by atoms with Gasteiger partial charge in [-0.2, -0.15) is 0 Å². The summed E-state index contributed by atoms with van der Waals surface area (Å²) in [4.78, 5) is 4.14. The molecule has 0 saturated carbocycles. The summed E-state index contributed by atoms with van der Waals surface area (Å²) < 4.78 is 26.9. The minimum absolute atomic E-state index is 0.00636. The standard InChI is InChI=1S/C13H11BrF2N2/c1-13(15,16)9-4-6-10(7-5-9)18-12-11(14)3-2-8-17-12/h2-8H,1H3,(H,17,18). The summed E-state index contributed by atoms with van der Waals surface area (Å²) >= 11 is 3.35. The Kier molecular flexibility index (Phi) is 3.61. The van der Waals surface area contributed by atoms with Crippen molar-refractivity contribution in [1.82, 2.24) is 4.98 Å². The summed E-state index contributed by atoms with van der Waals surface area (Å²) in [6.07, 6.45) is 1.65. The number of pyridine rings is 1. The zero-order valence-electron chi connectivity index (χ0n) is 9.62. The number of hydrogen-bond donors (Lipinski definition) is 1. The topological polar surface area (TPSA) is 24.9 Å². The van der Waals surface area contributed by atoms with Gasteiger partial charge < -0.3 is 5.32 Å². The van der Waals surface area contributed by atoms with Crippen molar-refractivity contribution in [1.29, 1.82) is 0 Å². The van der Waals surface area contributed by atoms with Crippen LogP contribution in [0.5, 0.6) is 0 Å². The second kappa shape index (κ2) is 5.02. The van der Waals surface area contributed by atoms with Gasteiger partial charge in [-0.1, -0.05) is 12.1 Å². The van der Waals surface area contributed by atoms with Crippen LogP contribution in [-0.2, 0) is 5.92 Å². The molecular weight excluding hydrogens is 302 g/mol. The third-order valence-electron chi connectivity index (χ3n) is 2.41. The maximum atomic E-state index is 13.0. The maximum absolute atomic E-state index is 13.0. The van der Waals surface area contributed by atoms with Crippen LogP contribution in [-0.4, -0.2) is 4.98 Å². The molecule has 0 unspecified atom stereocenters. The van der Waals surface area contributed by atoms with Gasteiger partial charge in [-0.25, -0.2) is 13.8 Å². The van der Waals surface area contributed by atoms with Crippen LogP contribution in [0, 0.1) is 0 Å². The van der Waals surface area contributed by atoms with Gasteiger partial charge in [-0.3, -0.25) is 0 Å². The molecule has 1 aromatic heterocycles. The van der Waals surface area contributed by atoms with Crippen molar-refractivity contribution >= 4 is 27.4 Å². The zero-order valence-corrected chi connectivity index (χ0v) is 11.2. The van der Waals surface area contributed by atoms with Crippen molar-refractivity contribution in [3.63, 3.8) is 0 Å². The predicted octanol–water partition coefficient (Wildman–Crippen LogP) is 4.70. The molecule has 0 radical (unpaired) electrons. The lowest BCUT2D eigenvalue weighted by Crippen LogP contribution is -2.06. The van der Waals surface area contributed by atoms with Crippen molar-refractivity contribution in [3.8, 4) is 0 Å². The lowest BCUT2D eigenvalue weighted by atomic mass is 10.1. The Hall–Kier alpha value is -1.49. The number of nitrogens with zero attached hydrogens (tertiary/aromatic N) is 1. The molecule has 2 aromatic rings. The van der Waals surface area contributed by atoms with Crippen LogP contribution in [0.3, 0.4) is 0 Å². The van der Waals surface area contributed by atoms with E-state index in [2.05, 4.69) is 26.2 Å². The second-order valence-corrected chi connectivity index (χ2v) is 4.78. The molecule has 0 amide bonds. The molecule has 18 heavy (non-hydrogen) atoms. The van der Waals surface area contributed by atoms with Gasteiger partial charge in [0.15, 0.2) is 0 Å². The quantitative estimate of drug-likeness (QED) is 0.888. The molecule has 2 rings (SSSR count). The summed E-state index contributed by atoms with van der Waals surface area (Å²) in [5, 5.41) is 3.05. The van der Waals surface area contributed by atoms with E-state index in [4.69, 9.17) is 0 Å². The number of anilines is 2. The number of halogens is 3. The highest BCUT2D eigenvalue weighted by Crippen LogP contribution is 2.29. The van der Waals surface area contributed by atoms with E-state index >= 15 is 0 Å². The van der Waals surface area contributed by atoms with E-state index in [1.54, 1.807) is 24.4 Å². The largest absolute Gasteiger partial charge is 0.339 e. The molecule has 0 aliphatic rings. The molecule has 1 heterocycles. The fraction of sp³-hybridized carbons (Fsp3) is 0.154. The zero-order chi connectivity index (χ0) is 13.2. The average Bonchev–Trinajstić information content (AvgIpc) is 2.32. The number of benzene rings is 1. The molecule has 0 spiro atoms. The van der Waals surface area contributed by atoms with Crippen molar-refractivity contribution in [3.05, 3.63) is 52.6 Å². The maximum Gasteiger partial charge on any atom is 0.270 e. The fourth-order valence-corrected chi connectivity index (χ4v) is 1.81. The van der Waals surface area contributed by atoms with Gasteiger partial charge in [0, 0.05) is 24.4 Å². The number of hydrogen-bond acceptors (Lipinski definition) is 2. The van der Waals surface area contributed by atoms with Crippen LogP contribution < -0.4 is 5.32 Å². The Morgan fingerprint density at radius 1 is 1.17 bits per heavy atom. The first-order valence-electron chi connectivity index (χ1n) is 5.33. The monoisotopic (exact) mass is 312 g/mol. The van der Waals surface area contributed by atoms with Gasteiger partial charge in [0.05, 0.1) is 4.47 Å². The molecule has 94 valence electrons. The Morgan fingerprint density at radius 3 is 2.39 bits per heavy atom. The van der Waals surface area contributed by atoms with Gasteiger partial charge in [0.1, 0.15) is 5.82 Å². The molecular formula is C13H11BrF2N2. The summed E-state index contributed by atoms with van der Waals surface area (Å²) in [7, 11) is 0. The molecule has 0 bridgehead atoms. The molecule has 1 aromatic carbocycles. The molecule has 2 nitrogen and oxygen atoms in total. The lowest BCUT2D eigenvalue weighted by Gasteiger charge is -2.12. The third kappa shape index (κ3) is 3.04. The first kappa shape index (κ1) is 13.0. The van der Waals surface area contributed by atoms with Crippen LogP contribution in [0.25, 0.3) is 0 Å². The Balaban J connectivity index is 2.19. The smallest absolute Gasteiger partial charge is 0.270 e. The highest BCUT2D eigenvalue weighted by atomic mass is 79.9. The summed E-state index contributed by atoms with van der Waals surface area (Å²) in [6.45, 7) is 0.880. The Labute approximate surface area is 112 Å². The lowest BCUT2D eigenvalue weighted by molar-refractivity contribution is 0.0175. The van der Waals surface area contributed by atoms with E-state index in [-0.39, 0.29) is 5.56 Å². The number of rotatable bonds is 3. The normalized spacial score (nSPS) is 11.3. The minimum atomic E-state index is -2.82. The first-order valence-corrected chi connectivity index (χ1v) is 6.12. The van der Waals surface area contributed by atoms with Crippen molar-refractivity contribution in [2.45, 2.75) is 12.8 Å². The van der Waals surface area contributed by atoms with E-state index in [9.17, 15) is 8.78 Å². The molecule has 0 saturated heterocycles. The second-order valence-electron chi connectivity index (χ2n) is 3.92. The van der Waals surface area contributed by atoms with Crippen LogP contribution >= 0.6 is 15.9 Å². The highest BCUT2D eigenvalue weighted by Gasteiger charge is 2.23. The third-order valence-corrected chi connectivity index (χ3v) is 3.05. The first-order chi connectivity index (χ1) is 8.47. The predicted molar refractivity (Wildman–Crippen MR) is 71.2 cm³/mol. The van der Waals surface area contributed by atoms with Crippen molar-refractivity contribution < 1.29 is 8.78 Å². The van der Waals surface area contributed by atoms with E-state index in [1.165, 1.54) is 12.1 Å². The van der Waals surface area contributed by atoms with Crippen LogP contribution in [0.2, 0.25) is 0 Å². The summed E-state index contributed by atoms with van der Waals surface area (Å²) in [5.41, 5.74) is 0.704. The minimum Gasteiger partial charge on any atom is -0.339 e. The molecule has 0 fully saturated rings. The van der Waals surface area contributed by atoms with Gasteiger partial charge >= 0.3 is 0 Å². The van der Waals surface area contributed by atoms with E-state index < -0.39 is 5.92 Å². The van der Waals surface area contributed by atoms with Crippen LogP contribution in [0.15, 0.2) is 47.1 Å². The van der Waals surface area contributed by atoms with E-state index in [0.29, 0.717) is 11.5 Å². The van der Waals surface area contributed by atoms with Gasteiger partial charge in [-0.15, -0.1) is 0 Å². The van der Waals surface area contributed by atoms with E-state index in [1.807, 2.05) is 6.07 Å². The van der Waals surface area contributed by atoms with Crippen molar-refractivity contribution in [2.24, 2.45) is 0 Å². The molecule has 5 heteroatoms. The average molecular weight is 313 g/mol. The highest BCUT2D eigenvalue weighted by molar-refractivity contribution is 9.10. The SMILES string of the molecule is CC(F)(F)c1ccc(Nc2ncccc2Br)cc1. The molecule has 0 aliphatic carbocycles. The molecule has 0 atom stereocenters. The summed E-state index contributed by atoms with van der Waals surface area (Å²) in [5.74, 6) is -2.17. The van der Waals surface area contributed by atoms with Crippen molar-refractivity contribution in [2.75, 3.05) is 5.32 Å².